The van der Waals surface area contributed by atoms with Crippen LogP contribution in [0, 0.1) is 0 Å². The second-order valence-electron chi connectivity index (χ2n) is 1.34. The summed E-state index contributed by atoms with van der Waals surface area (Å²) >= 11 is 8.68. The molecule has 0 spiro atoms. The molecule has 1 N–H and O–H groups in total. The van der Waals surface area contributed by atoms with Crippen LogP contribution in [-0.2, 0) is 10.1 Å². The molecule has 2 unspecified atom stereocenters. The molecule has 0 bridgehead atoms. The van der Waals surface area contributed by atoms with Crippen molar-refractivity contribution in [2.24, 2.45) is 0 Å². The van der Waals surface area contributed by atoms with Crippen molar-refractivity contribution in [3.05, 3.63) is 0 Å². The maximum atomic E-state index is 12.1. The lowest BCUT2D eigenvalue weighted by Gasteiger charge is -2.12. The predicted molar refractivity (Wildman–Crippen MR) is 32.0 cm³/mol. The molecule has 0 aromatic heterocycles. The van der Waals surface area contributed by atoms with Crippen LogP contribution in [0.5, 0.6) is 0 Å². The Balaban J connectivity index is 4.76. The first-order chi connectivity index (χ1) is 4.19. The zero-order valence-corrected chi connectivity index (χ0v) is 6.59. The maximum Gasteiger partial charge on any atom is 0.352 e. The van der Waals surface area contributed by atoms with Crippen LogP contribution in [0.15, 0.2) is 0 Å². The Morgan fingerprint density at radius 2 is 1.90 bits per heavy atom. The summed E-state index contributed by atoms with van der Waals surface area (Å²) in [5, 5.41) is 0. The van der Waals surface area contributed by atoms with E-state index in [9.17, 15) is 17.2 Å². The van der Waals surface area contributed by atoms with E-state index >= 15 is 0 Å². The molecule has 0 heterocycles. The van der Waals surface area contributed by atoms with Gasteiger partial charge in [0.25, 0.3) is 0 Å². The Morgan fingerprint density at radius 1 is 1.60 bits per heavy atom. The van der Waals surface area contributed by atoms with E-state index in [0.29, 0.717) is 0 Å². The van der Waals surface area contributed by atoms with Crippen LogP contribution in [0.3, 0.4) is 0 Å². The Morgan fingerprint density at radius 3 is 1.90 bits per heavy atom. The zero-order chi connectivity index (χ0) is 8.58. The van der Waals surface area contributed by atoms with Gasteiger partial charge in [-0.2, -0.15) is 8.42 Å². The maximum absolute atomic E-state index is 12.1. The van der Waals surface area contributed by atoms with Crippen molar-refractivity contribution in [1.29, 1.82) is 0 Å². The van der Waals surface area contributed by atoms with Gasteiger partial charge in [-0.3, -0.25) is 4.55 Å². The number of hydrogen-bond donors (Lipinski definition) is 1. The molecular weight excluding hydrogens is 213 g/mol. The highest BCUT2D eigenvalue weighted by Crippen LogP contribution is 2.32. The van der Waals surface area contributed by atoms with Gasteiger partial charge in [-0.1, -0.05) is 23.2 Å². The quantitative estimate of drug-likeness (QED) is 0.557. The number of halogens is 4. The van der Waals surface area contributed by atoms with Crippen molar-refractivity contribution >= 4 is 33.3 Å². The molecule has 62 valence electrons. The summed E-state index contributed by atoms with van der Waals surface area (Å²) in [4.78, 5) is 0. The summed E-state index contributed by atoms with van der Waals surface area (Å²) in [7, 11) is -5.31. The summed E-state index contributed by atoms with van der Waals surface area (Å²) in [5.74, 6) is 0. The molecule has 0 fully saturated rings. The van der Waals surface area contributed by atoms with Crippen LogP contribution in [0.4, 0.5) is 8.78 Å². The van der Waals surface area contributed by atoms with E-state index in [-0.39, 0.29) is 0 Å². The van der Waals surface area contributed by atoms with Gasteiger partial charge in [0.15, 0.2) is 0 Å². The fraction of sp³-hybridized carbons (Fsp3) is 1.00. The van der Waals surface area contributed by atoms with E-state index < -0.39 is 20.2 Å². The monoisotopic (exact) mass is 214 g/mol. The van der Waals surface area contributed by atoms with Gasteiger partial charge in [-0.15, -0.1) is 0 Å². The van der Waals surface area contributed by atoms with Gasteiger partial charge < -0.3 is 0 Å². The van der Waals surface area contributed by atoms with Crippen LogP contribution < -0.4 is 0 Å². The van der Waals surface area contributed by atoms with Crippen molar-refractivity contribution in [2.45, 2.75) is 10.1 Å². The molecular formula is C2H2Cl2F2O3S. The van der Waals surface area contributed by atoms with E-state index in [0.717, 1.165) is 0 Å². The molecule has 0 saturated carbocycles. The van der Waals surface area contributed by atoms with Crippen LogP contribution in [-0.4, -0.2) is 23.1 Å². The SMILES string of the molecule is O=S(=O)(O)C(F)(Cl)C(F)Cl. The highest BCUT2D eigenvalue weighted by molar-refractivity contribution is 7.88. The predicted octanol–water partition coefficient (Wildman–Crippen LogP) is 1.27. The first kappa shape index (κ1) is 10.3. The van der Waals surface area contributed by atoms with Gasteiger partial charge in [-0.05, 0) is 0 Å². The molecule has 2 atom stereocenters. The first-order valence-corrected chi connectivity index (χ1v) is 4.08. The smallest absolute Gasteiger partial charge is 0.282 e. The fourth-order valence-electron chi connectivity index (χ4n) is 0.113. The second-order valence-corrected chi connectivity index (χ2v) is 4.04. The molecule has 10 heavy (non-hydrogen) atoms. The lowest BCUT2D eigenvalue weighted by atomic mass is 10.8. The summed E-state index contributed by atoms with van der Waals surface area (Å²) in [6, 6.07) is 0. The van der Waals surface area contributed by atoms with E-state index in [1.165, 1.54) is 0 Å². The van der Waals surface area contributed by atoms with E-state index in [1.807, 2.05) is 0 Å². The summed E-state index contributed by atoms with van der Waals surface area (Å²) in [5.41, 5.74) is -3.01. The average Bonchev–Trinajstić information content (AvgIpc) is 1.62. The Hall–Kier alpha value is 0.350. The molecule has 0 rings (SSSR count). The van der Waals surface area contributed by atoms with Crippen molar-refractivity contribution < 1.29 is 21.8 Å². The Bertz CT molecular complexity index is 211. The normalized spacial score (nSPS) is 21.7. The largest absolute Gasteiger partial charge is 0.352 e. The molecule has 0 aliphatic heterocycles. The molecule has 0 saturated heterocycles. The standard InChI is InChI=1S/C2H2Cl2F2O3S/c3-1(5)2(4,6)10(7,8)9/h1H,(H,7,8,9). The van der Waals surface area contributed by atoms with Gasteiger partial charge in [0.05, 0.1) is 0 Å². The number of hydrogen-bond acceptors (Lipinski definition) is 2. The van der Waals surface area contributed by atoms with Crippen molar-refractivity contribution in [3.8, 4) is 0 Å². The van der Waals surface area contributed by atoms with Crippen LogP contribution >= 0.6 is 23.2 Å². The second kappa shape index (κ2) is 2.77. The third-order valence-electron chi connectivity index (χ3n) is 0.598. The minimum absolute atomic E-state index is 3.01. The Labute approximate surface area is 65.7 Å². The molecule has 0 aromatic carbocycles. The minimum Gasteiger partial charge on any atom is -0.282 e. The first-order valence-electron chi connectivity index (χ1n) is 1.82. The van der Waals surface area contributed by atoms with Gasteiger partial charge >= 0.3 is 14.6 Å². The summed E-state index contributed by atoms with van der Waals surface area (Å²) in [6.45, 7) is 0. The van der Waals surface area contributed by atoms with Gasteiger partial charge in [0.1, 0.15) is 0 Å². The van der Waals surface area contributed by atoms with E-state index in [4.69, 9.17) is 4.55 Å². The van der Waals surface area contributed by atoms with Gasteiger partial charge in [-0.25, -0.2) is 8.78 Å². The van der Waals surface area contributed by atoms with Crippen molar-refractivity contribution in [1.82, 2.24) is 0 Å². The third kappa shape index (κ3) is 1.91. The highest BCUT2D eigenvalue weighted by atomic mass is 35.5. The minimum atomic E-state index is -5.31. The summed E-state index contributed by atoms with van der Waals surface area (Å²) < 4.78 is 47.4. The fourth-order valence-corrected chi connectivity index (χ4v) is 0.675. The molecule has 0 amide bonds. The number of alkyl halides is 4. The lowest BCUT2D eigenvalue weighted by Crippen LogP contribution is -2.34. The highest BCUT2D eigenvalue weighted by Gasteiger charge is 2.49. The van der Waals surface area contributed by atoms with Gasteiger partial charge in [0, 0.05) is 0 Å². The number of rotatable bonds is 2. The van der Waals surface area contributed by atoms with E-state index in [1.54, 1.807) is 0 Å². The van der Waals surface area contributed by atoms with Crippen molar-refractivity contribution in [2.75, 3.05) is 0 Å². The molecule has 8 heteroatoms. The summed E-state index contributed by atoms with van der Waals surface area (Å²) in [6.07, 6.45) is 0. The molecule has 0 radical (unpaired) electrons. The van der Waals surface area contributed by atoms with E-state index in [2.05, 4.69) is 23.2 Å². The molecule has 0 aromatic rings. The Kier molecular flexibility index (Phi) is 2.86. The topological polar surface area (TPSA) is 54.4 Å². The molecule has 0 aliphatic rings. The average molecular weight is 215 g/mol. The van der Waals surface area contributed by atoms with Crippen LogP contribution in [0.1, 0.15) is 0 Å². The van der Waals surface area contributed by atoms with Gasteiger partial charge in [0.2, 0.25) is 5.63 Å². The van der Waals surface area contributed by atoms with Crippen LogP contribution in [0.2, 0.25) is 0 Å². The van der Waals surface area contributed by atoms with Crippen molar-refractivity contribution in [3.63, 3.8) is 0 Å². The molecule has 3 nitrogen and oxygen atoms in total. The third-order valence-corrected chi connectivity index (χ3v) is 2.81. The lowest BCUT2D eigenvalue weighted by molar-refractivity contribution is 0.245. The van der Waals surface area contributed by atoms with Crippen LogP contribution in [0.25, 0.3) is 0 Å². The zero-order valence-electron chi connectivity index (χ0n) is 4.26. The molecule has 0 aliphatic carbocycles.